The molecule has 0 amide bonds. The molecule has 1 aliphatic carbocycles. The summed E-state index contributed by atoms with van der Waals surface area (Å²) in [6.07, 6.45) is -0.940. The predicted octanol–water partition coefficient (Wildman–Crippen LogP) is 1.81. The van der Waals surface area contributed by atoms with Crippen LogP contribution in [0.5, 0.6) is 5.75 Å². The van der Waals surface area contributed by atoms with E-state index in [0.717, 1.165) is 0 Å². The Labute approximate surface area is 132 Å². The number of ketones is 2. The molecule has 0 fully saturated rings. The molecular formula is C17H16O6. The number of hydrogen-bond acceptors (Lipinski definition) is 6. The zero-order valence-corrected chi connectivity index (χ0v) is 12.8. The van der Waals surface area contributed by atoms with Gasteiger partial charge in [-0.25, -0.2) is 0 Å². The number of benzene rings is 1. The Kier molecular flexibility index (Phi) is 3.77. The van der Waals surface area contributed by atoms with Crippen LogP contribution in [0.15, 0.2) is 29.3 Å². The predicted molar refractivity (Wildman–Crippen MR) is 79.4 cm³/mol. The van der Waals surface area contributed by atoms with Crippen molar-refractivity contribution in [1.29, 1.82) is 0 Å². The first-order chi connectivity index (χ1) is 10.9. The van der Waals surface area contributed by atoms with Crippen molar-refractivity contribution in [2.75, 3.05) is 7.11 Å². The zero-order valence-electron chi connectivity index (χ0n) is 12.8. The van der Waals surface area contributed by atoms with Crippen LogP contribution in [0, 0.1) is 0 Å². The number of phenolic OH excluding ortho intramolecular Hbond substituents is 1. The summed E-state index contributed by atoms with van der Waals surface area (Å²) >= 11 is 0. The summed E-state index contributed by atoms with van der Waals surface area (Å²) in [6.45, 7) is 1.66. The summed E-state index contributed by atoms with van der Waals surface area (Å²) in [7, 11) is 1.29. The molecule has 0 aromatic heterocycles. The van der Waals surface area contributed by atoms with Gasteiger partial charge in [-0.3, -0.25) is 14.4 Å². The molecule has 0 spiro atoms. The van der Waals surface area contributed by atoms with Crippen molar-refractivity contribution in [2.45, 2.75) is 32.0 Å². The van der Waals surface area contributed by atoms with E-state index in [2.05, 4.69) is 4.74 Å². The molecule has 2 unspecified atom stereocenters. The molecule has 2 aliphatic rings. The monoisotopic (exact) mass is 316 g/mol. The molecule has 6 nitrogen and oxygen atoms in total. The van der Waals surface area contributed by atoms with Gasteiger partial charge in [0.2, 0.25) is 0 Å². The van der Waals surface area contributed by atoms with Crippen LogP contribution in [0.4, 0.5) is 0 Å². The standard InChI is InChI=1S/C17H16O6/c1-8-14-11(6-9(23-8)7-13(19)22-2)16(20)10-4-3-5-12(18)15(10)17(14)21/h3-5,8-9,18H,6-7H2,1-2H3. The van der Waals surface area contributed by atoms with Crippen LogP contribution in [0.1, 0.15) is 40.5 Å². The Morgan fingerprint density at radius 3 is 2.78 bits per heavy atom. The second kappa shape index (κ2) is 5.62. The first-order valence-corrected chi connectivity index (χ1v) is 7.30. The SMILES string of the molecule is COC(=O)CC1CC2=C(C(=O)c3c(O)cccc3C2=O)C(C)O1. The highest BCUT2D eigenvalue weighted by Crippen LogP contribution is 2.39. The van der Waals surface area contributed by atoms with Crippen molar-refractivity contribution in [1.82, 2.24) is 0 Å². The number of esters is 1. The zero-order chi connectivity index (χ0) is 16.7. The Balaban J connectivity index is 2.02. The smallest absolute Gasteiger partial charge is 0.308 e. The fourth-order valence-corrected chi connectivity index (χ4v) is 3.18. The number of Topliss-reactive ketones (excluding diaryl/α,β-unsaturated/α-hetero) is 2. The third-order valence-corrected chi connectivity index (χ3v) is 4.21. The lowest BCUT2D eigenvalue weighted by Crippen LogP contribution is -2.38. The van der Waals surface area contributed by atoms with Gasteiger partial charge in [-0.2, -0.15) is 0 Å². The minimum Gasteiger partial charge on any atom is -0.507 e. The number of fused-ring (bicyclic) bond motifs is 1. The second-order valence-electron chi connectivity index (χ2n) is 5.63. The first kappa shape index (κ1) is 15.4. The van der Waals surface area contributed by atoms with Gasteiger partial charge >= 0.3 is 5.97 Å². The van der Waals surface area contributed by atoms with Crippen molar-refractivity contribution in [3.8, 4) is 5.75 Å². The minimum absolute atomic E-state index is 0.0198. The fraction of sp³-hybridized carbons (Fsp3) is 0.353. The number of ether oxygens (including phenoxy) is 2. The number of carbonyl (C=O) groups excluding carboxylic acids is 3. The Bertz CT molecular complexity index is 745. The second-order valence-corrected chi connectivity index (χ2v) is 5.63. The van der Waals surface area contributed by atoms with Crippen LogP contribution in [0.3, 0.4) is 0 Å². The molecule has 1 N–H and O–H groups in total. The minimum atomic E-state index is -0.627. The van der Waals surface area contributed by atoms with Crippen LogP contribution in [0.25, 0.3) is 0 Å². The topological polar surface area (TPSA) is 89.9 Å². The van der Waals surface area contributed by atoms with E-state index in [4.69, 9.17) is 4.74 Å². The summed E-state index contributed by atoms with van der Waals surface area (Å²) in [5.41, 5.74) is 0.851. The molecule has 120 valence electrons. The summed E-state index contributed by atoms with van der Waals surface area (Å²) < 4.78 is 10.3. The van der Waals surface area contributed by atoms with Gasteiger partial charge < -0.3 is 14.6 Å². The Hall–Kier alpha value is -2.47. The maximum atomic E-state index is 12.7. The highest BCUT2D eigenvalue weighted by molar-refractivity contribution is 6.28. The third-order valence-electron chi connectivity index (χ3n) is 4.21. The van der Waals surface area contributed by atoms with Gasteiger partial charge in [0, 0.05) is 23.1 Å². The average molecular weight is 316 g/mol. The molecule has 3 rings (SSSR count). The molecule has 0 saturated heterocycles. The highest BCUT2D eigenvalue weighted by atomic mass is 16.5. The number of aromatic hydroxyl groups is 1. The number of methoxy groups -OCH3 is 1. The van der Waals surface area contributed by atoms with E-state index in [9.17, 15) is 19.5 Å². The van der Waals surface area contributed by atoms with Crippen molar-refractivity contribution < 1.29 is 29.0 Å². The highest BCUT2D eigenvalue weighted by Gasteiger charge is 2.41. The van der Waals surface area contributed by atoms with E-state index in [-0.39, 0.29) is 41.1 Å². The van der Waals surface area contributed by atoms with Crippen LogP contribution in [-0.4, -0.2) is 42.0 Å². The number of hydrogen-bond donors (Lipinski definition) is 1. The van der Waals surface area contributed by atoms with Gasteiger partial charge in [0.05, 0.1) is 31.3 Å². The largest absolute Gasteiger partial charge is 0.507 e. The quantitative estimate of drug-likeness (QED) is 0.837. The molecule has 23 heavy (non-hydrogen) atoms. The van der Waals surface area contributed by atoms with E-state index < -0.39 is 24.0 Å². The molecule has 1 aromatic carbocycles. The number of rotatable bonds is 2. The van der Waals surface area contributed by atoms with Crippen LogP contribution >= 0.6 is 0 Å². The Morgan fingerprint density at radius 2 is 2.09 bits per heavy atom. The third kappa shape index (κ3) is 2.45. The van der Waals surface area contributed by atoms with Crippen molar-refractivity contribution >= 4 is 17.5 Å². The van der Waals surface area contributed by atoms with Crippen molar-refractivity contribution in [3.05, 3.63) is 40.5 Å². The van der Waals surface area contributed by atoms with Crippen LogP contribution in [0.2, 0.25) is 0 Å². The summed E-state index contributed by atoms with van der Waals surface area (Å²) in [5.74, 6) is -1.33. The number of carbonyl (C=O) groups is 3. The maximum absolute atomic E-state index is 12.7. The average Bonchev–Trinajstić information content (AvgIpc) is 2.51. The normalized spacial score (nSPS) is 23.4. The molecule has 6 heteroatoms. The molecular weight excluding hydrogens is 300 g/mol. The summed E-state index contributed by atoms with van der Waals surface area (Å²) in [5, 5.41) is 9.93. The molecule has 1 heterocycles. The lowest BCUT2D eigenvalue weighted by Gasteiger charge is -2.33. The van der Waals surface area contributed by atoms with Crippen LogP contribution in [-0.2, 0) is 14.3 Å². The van der Waals surface area contributed by atoms with E-state index in [1.165, 1.54) is 25.3 Å². The van der Waals surface area contributed by atoms with Crippen molar-refractivity contribution in [3.63, 3.8) is 0 Å². The lowest BCUT2D eigenvalue weighted by molar-refractivity contribution is -0.144. The van der Waals surface area contributed by atoms with E-state index >= 15 is 0 Å². The van der Waals surface area contributed by atoms with Gasteiger partial charge in [-0.15, -0.1) is 0 Å². The molecule has 1 aliphatic heterocycles. The molecule has 0 radical (unpaired) electrons. The van der Waals surface area contributed by atoms with E-state index in [1.807, 2.05) is 0 Å². The summed E-state index contributed by atoms with van der Waals surface area (Å²) in [6, 6.07) is 4.43. The maximum Gasteiger partial charge on any atom is 0.308 e. The lowest BCUT2D eigenvalue weighted by atomic mass is 9.78. The van der Waals surface area contributed by atoms with Gasteiger partial charge in [-0.05, 0) is 13.0 Å². The van der Waals surface area contributed by atoms with Gasteiger partial charge in [0.15, 0.2) is 11.6 Å². The summed E-state index contributed by atoms with van der Waals surface area (Å²) in [4.78, 5) is 36.8. The molecule has 0 saturated carbocycles. The van der Waals surface area contributed by atoms with Gasteiger partial charge in [0.25, 0.3) is 0 Å². The van der Waals surface area contributed by atoms with Crippen LogP contribution < -0.4 is 0 Å². The first-order valence-electron chi connectivity index (χ1n) is 7.30. The number of phenols is 1. The van der Waals surface area contributed by atoms with Crippen molar-refractivity contribution in [2.24, 2.45) is 0 Å². The van der Waals surface area contributed by atoms with E-state index in [0.29, 0.717) is 5.57 Å². The molecule has 0 bridgehead atoms. The Morgan fingerprint density at radius 1 is 1.35 bits per heavy atom. The van der Waals surface area contributed by atoms with Gasteiger partial charge in [-0.1, -0.05) is 12.1 Å². The fourth-order valence-electron chi connectivity index (χ4n) is 3.18. The van der Waals surface area contributed by atoms with E-state index in [1.54, 1.807) is 6.92 Å². The molecule has 2 atom stereocenters. The van der Waals surface area contributed by atoms with Gasteiger partial charge in [0.1, 0.15) is 5.75 Å². The molecule has 1 aromatic rings.